The van der Waals surface area contributed by atoms with Gasteiger partial charge in [-0.3, -0.25) is 4.79 Å². The van der Waals surface area contributed by atoms with E-state index in [1.54, 1.807) is 24.1 Å². The van der Waals surface area contributed by atoms with Gasteiger partial charge in [0.1, 0.15) is 11.4 Å². The van der Waals surface area contributed by atoms with Crippen LogP contribution in [0.2, 0.25) is 0 Å². The number of hydrogen-bond donors (Lipinski definition) is 1. The van der Waals surface area contributed by atoms with Crippen LogP contribution in [0.4, 0.5) is 0 Å². The molecule has 1 amide bonds. The molecule has 1 saturated heterocycles. The van der Waals surface area contributed by atoms with E-state index in [1.165, 1.54) is 0 Å². The summed E-state index contributed by atoms with van der Waals surface area (Å²) in [4.78, 5) is 16.8. The highest BCUT2D eigenvalue weighted by Gasteiger charge is 2.45. The monoisotopic (exact) mass is 354 g/mol. The van der Waals surface area contributed by atoms with Gasteiger partial charge in [-0.2, -0.15) is 0 Å². The molecular weight excluding hydrogens is 328 g/mol. The molecular formula is C21H26N2O3. The van der Waals surface area contributed by atoms with Crippen molar-refractivity contribution in [1.29, 1.82) is 0 Å². The number of rotatable bonds is 4. The molecule has 2 aromatic rings. The Balaban J connectivity index is 1.87. The van der Waals surface area contributed by atoms with Gasteiger partial charge in [-0.1, -0.05) is 42.5 Å². The molecule has 0 radical (unpaired) electrons. The second-order valence-electron chi connectivity index (χ2n) is 6.97. The van der Waals surface area contributed by atoms with Crippen molar-refractivity contribution < 1.29 is 14.6 Å². The molecule has 138 valence electrons. The van der Waals surface area contributed by atoms with Crippen LogP contribution in [-0.2, 0) is 5.60 Å². The molecule has 5 heteroatoms. The maximum atomic E-state index is 13.0. The number of carbonyl (C=O) groups is 1. The minimum atomic E-state index is -0.984. The Bertz CT molecular complexity index is 763. The number of hydrogen-bond acceptors (Lipinski definition) is 4. The Morgan fingerprint density at radius 2 is 1.81 bits per heavy atom. The lowest BCUT2D eigenvalue weighted by molar-refractivity contribution is -0.0810. The van der Waals surface area contributed by atoms with Crippen LogP contribution < -0.4 is 4.74 Å². The first-order valence-corrected chi connectivity index (χ1v) is 8.84. The zero-order chi connectivity index (χ0) is 18.7. The van der Waals surface area contributed by atoms with Gasteiger partial charge in [-0.15, -0.1) is 0 Å². The van der Waals surface area contributed by atoms with Crippen molar-refractivity contribution in [3.63, 3.8) is 0 Å². The van der Waals surface area contributed by atoms with E-state index in [0.29, 0.717) is 30.8 Å². The predicted octanol–water partition coefficient (Wildman–Crippen LogP) is 2.36. The lowest BCUT2D eigenvalue weighted by Gasteiger charge is -2.47. The van der Waals surface area contributed by atoms with E-state index in [2.05, 4.69) is 0 Å². The number of nitrogens with zero attached hydrogens (tertiary/aromatic N) is 2. The first-order chi connectivity index (χ1) is 12.5. The van der Waals surface area contributed by atoms with Gasteiger partial charge in [-0.05, 0) is 38.2 Å². The molecule has 3 rings (SSSR count). The third kappa shape index (κ3) is 3.32. The minimum absolute atomic E-state index is 0.0654. The maximum absolute atomic E-state index is 13.0. The summed E-state index contributed by atoms with van der Waals surface area (Å²) < 4.78 is 5.33. The lowest BCUT2D eigenvalue weighted by Crippen LogP contribution is -2.60. The van der Waals surface area contributed by atoms with Crippen molar-refractivity contribution in [1.82, 2.24) is 9.80 Å². The predicted molar refractivity (Wildman–Crippen MR) is 101 cm³/mol. The summed E-state index contributed by atoms with van der Waals surface area (Å²) in [5.41, 5.74) is 0.461. The third-order valence-corrected chi connectivity index (χ3v) is 5.23. The number of likely N-dealkylation sites (tertiary alicyclic amines) is 1. The molecule has 2 atom stereocenters. The number of likely N-dealkylation sites (N-methyl/N-ethyl adjacent to an activating group) is 1. The molecule has 1 N–H and O–H groups in total. The molecule has 5 nitrogen and oxygen atoms in total. The topological polar surface area (TPSA) is 53.0 Å². The minimum Gasteiger partial charge on any atom is -0.496 e. The van der Waals surface area contributed by atoms with Gasteiger partial charge in [0.2, 0.25) is 0 Å². The van der Waals surface area contributed by atoms with Gasteiger partial charge in [0, 0.05) is 13.1 Å². The number of carbonyl (C=O) groups excluding carboxylic acids is 1. The first-order valence-electron chi connectivity index (χ1n) is 8.84. The van der Waals surface area contributed by atoms with Gasteiger partial charge in [-0.25, -0.2) is 0 Å². The van der Waals surface area contributed by atoms with E-state index in [1.807, 2.05) is 61.5 Å². The van der Waals surface area contributed by atoms with Crippen LogP contribution in [-0.4, -0.2) is 61.2 Å². The zero-order valence-corrected chi connectivity index (χ0v) is 15.6. The van der Waals surface area contributed by atoms with E-state index in [-0.39, 0.29) is 11.9 Å². The summed E-state index contributed by atoms with van der Waals surface area (Å²) in [6.45, 7) is 0.946. The van der Waals surface area contributed by atoms with Gasteiger partial charge < -0.3 is 19.6 Å². The lowest BCUT2D eigenvalue weighted by atomic mass is 9.79. The Labute approximate surface area is 154 Å². The van der Waals surface area contributed by atoms with Crippen LogP contribution in [0.5, 0.6) is 5.75 Å². The fourth-order valence-electron chi connectivity index (χ4n) is 3.75. The van der Waals surface area contributed by atoms with Crippen LogP contribution in [0.15, 0.2) is 54.6 Å². The first kappa shape index (κ1) is 18.4. The largest absolute Gasteiger partial charge is 0.496 e. The van der Waals surface area contributed by atoms with Crippen molar-refractivity contribution >= 4 is 5.91 Å². The Morgan fingerprint density at radius 1 is 1.15 bits per heavy atom. The number of methoxy groups -OCH3 is 1. The van der Waals surface area contributed by atoms with Crippen molar-refractivity contribution in [2.45, 2.75) is 18.1 Å². The SMILES string of the molecule is COc1ccccc1C(=O)N1CCC(O)(c2ccccc2)C(N(C)C)C1. The standard InChI is InChI=1S/C21H26N2O3/c1-22(2)19-15-23(20(24)17-11-7-8-12-18(17)26-3)14-13-21(19,25)16-9-5-4-6-10-16/h4-12,19,25H,13-15H2,1-3H3. The van der Waals surface area contributed by atoms with Crippen LogP contribution in [0.25, 0.3) is 0 Å². The number of piperidine rings is 1. The van der Waals surface area contributed by atoms with Crippen molar-refractivity contribution in [3.05, 3.63) is 65.7 Å². The highest BCUT2D eigenvalue weighted by molar-refractivity contribution is 5.97. The molecule has 0 aromatic heterocycles. The molecule has 1 aliphatic heterocycles. The Kier molecular flexibility index (Phi) is 5.30. The van der Waals surface area contributed by atoms with Crippen LogP contribution in [0.3, 0.4) is 0 Å². The smallest absolute Gasteiger partial charge is 0.257 e. The van der Waals surface area contributed by atoms with Crippen LogP contribution in [0, 0.1) is 0 Å². The molecule has 1 heterocycles. The average Bonchev–Trinajstić information content (AvgIpc) is 2.68. The summed E-state index contributed by atoms with van der Waals surface area (Å²) in [6, 6.07) is 16.8. The van der Waals surface area contributed by atoms with Gasteiger partial charge >= 0.3 is 0 Å². The molecule has 0 aliphatic carbocycles. The zero-order valence-electron chi connectivity index (χ0n) is 15.6. The van der Waals surface area contributed by atoms with Crippen molar-refractivity contribution in [2.75, 3.05) is 34.3 Å². The summed E-state index contributed by atoms with van der Waals surface area (Å²) >= 11 is 0. The average molecular weight is 354 g/mol. The molecule has 0 bridgehead atoms. The number of amides is 1. The molecule has 0 spiro atoms. The summed E-state index contributed by atoms with van der Waals surface area (Å²) in [7, 11) is 5.45. The summed E-state index contributed by atoms with van der Waals surface area (Å²) in [5, 5.41) is 11.4. The molecule has 1 fully saturated rings. The molecule has 0 saturated carbocycles. The fraction of sp³-hybridized carbons (Fsp3) is 0.381. The number of para-hydroxylation sites is 1. The molecule has 2 aromatic carbocycles. The molecule has 2 unspecified atom stereocenters. The summed E-state index contributed by atoms with van der Waals surface area (Å²) in [6.07, 6.45) is 0.487. The van der Waals surface area contributed by atoms with E-state index in [9.17, 15) is 9.90 Å². The number of ether oxygens (including phenoxy) is 1. The second kappa shape index (κ2) is 7.48. The molecule has 1 aliphatic rings. The van der Waals surface area contributed by atoms with Gasteiger partial charge in [0.05, 0.1) is 18.7 Å². The quantitative estimate of drug-likeness (QED) is 0.916. The van der Waals surface area contributed by atoms with E-state index in [0.717, 1.165) is 5.56 Å². The van der Waals surface area contributed by atoms with Crippen LogP contribution in [0.1, 0.15) is 22.3 Å². The molecule has 26 heavy (non-hydrogen) atoms. The highest BCUT2D eigenvalue weighted by atomic mass is 16.5. The van der Waals surface area contributed by atoms with Crippen LogP contribution >= 0.6 is 0 Å². The summed E-state index contributed by atoms with van der Waals surface area (Å²) in [5.74, 6) is 0.507. The normalized spacial score (nSPS) is 23.1. The Morgan fingerprint density at radius 3 is 2.46 bits per heavy atom. The Hall–Kier alpha value is -2.37. The van der Waals surface area contributed by atoms with Crippen molar-refractivity contribution in [2.24, 2.45) is 0 Å². The van der Waals surface area contributed by atoms with Gasteiger partial charge in [0.25, 0.3) is 5.91 Å². The number of aliphatic hydroxyl groups is 1. The second-order valence-corrected chi connectivity index (χ2v) is 6.97. The fourth-order valence-corrected chi connectivity index (χ4v) is 3.75. The van der Waals surface area contributed by atoms with Gasteiger partial charge in [0.15, 0.2) is 0 Å². The maximum Gasteiger partial charge on any atom is 0.257 e. The van der Waals surface area contributed by atoms with Crippen molar-refractivity contribution in [3.8, 4) is 5.75 Å². The van der Waals surface area contributed by atoms with E-state index >= 15 is 0 Å². The number of benzene rings is 2. The highest BCUT2D eigenvalue weighted by Crippen LogP contribution is 2.36. The third-order valence-electron chi connectivity index (χ3n) is 5.23. The van der Waals surface area contributed by atoms with E-state index in [4.69, 9.17) is 4.74 Å². The van der Waals surface area contributed by atoms with E-state index < -0.39 is 5.60 Å².